The summed E-state index contributed by atoms with van der Waals surface area (Å²) < 4.78 is 17.7. The number of hydrogen-bond donors (Lipinski definition) is 2. The number of rotatable bonds is 4. The first-order valence-corrected chi connectivity index (χ1v) is 8.62. The fourth-order valence-electron chi connectivity index (χ4n) is 2.87. The van der Waals surface area contributed by atoms with E-state index < -0.39 is 6.10 Å². The molecule has 0 saturated carbocycles. The summed E-state index contributed by atoms with van der Waals surface area (Å²) >= 11 is 3.54. The highest BCUT2D eigenvalue weighted by Crippen LogP contribution is 2.37. The highest BCUT2D eigenvalue weighted by atomic mass is 79.9. The van der Waals surface area contributed by atoms with Gasteiger partial charge in [-0.2, -0.15) is 0 Å². The molecule has 24 heavy (non-hydrogen) atoms. The third-order valence-corrected chi connectivity index (χ3v) is 4.84. The number of amides is 1. The van der Waals surface area contributed by atoms with Gasteiger partial charge in [0.05, 0.1) is 12.1 Å². The third-order valence-electron chi connectivity index (χ3n) is 4.15. The van der Waals surface area contributed by atoms with Gasteiger partial charge in [0, 0.05) is 11.0 Å². The minimum Gasteiger partial charge on any atom is -0.486 e. The molecule has 0 aromatic heterocycles. The van der Waals surface area contributed by atoms with E-state index in [2.05, 4.69) is 21.2 Å². The van der Waals surface area contributed by atoms with Gasteiger partial charge in [-0.25, -0.2) is 0 Å². The Bertz CT molecular complexity index is 602. The van der Waals surface area contributed by atoms with Crippen LogP contribution in [0.15, 0.2) is 16.6 Å². The maximum Gasteiger partial charge on any atom is 0.249 e. The number of hydrogen-bond acceptors (Lipinski definition) is 5. The first-order chi connectivity index (χ1) is 11.1. The normalized spacial score (nSPS) is 23.3. The molecule has 2 heterocycles. The Labute approximate surface area is 155 Å². The predicted octanol–water partition coefficient (Wildman–Crippen LogP) is 2.33. The van der Waals surface area contributed by atoms with Crippen LogP contribution in [0.4, 0.5) is 0 Å². The van der Waals surface area contributed by atoms with Gasteiger partial charge in [0.1, 0.15) is 19.3 Å². The van der Waals surface area contributed by atoms with Crippen LogP contribution in [0.5, 0.6) is 11.5 Å². The third kappa shape index (κ3) is 4.14. The molecule has 0 spiro atoms. The molecule has 0 radical (unpaired) electrons. The average molecular weight is 422 g/mol. The number of carbonyl (C=O) groups excluding carboxylic acids is 1. The summed E-state index contributed by atoms with van der Waals surface area (Å²) in [4.78, 5) is 12.3. The topological polar surface area (TPSA) is 82.8 Å². The molecule has 1 saturated heterocycles. The van der Waals surface area contributed by atoms with Gasteiger partial charge in [0.15, 0.2) is 11.5 Å². The molecule has 1 aromatic carbocycles. The smallest absolute Gasteiger partial charge is 0.249 e. The molecule has 2 aliphatic rings. The number of benzene rings is 1. The van der Waals surface area contributed by atoms with Crippen LogP contribution in [0, 0.1) is 0 Å². The summed E-state index contributed by atoms with van der Waals surface area (Å²) in [5.74, 6) is 1.32. The highest BCUT2D eigenvalue weighted by molar-refractivity contribution is 9.10. The van der Waals surface area contributed by atoms with Crippen LogP contribution in [-0.2, 0) is 9.53 Å². The lowest BCUT2D eigenvalue weighted by atomic mass is 10.1. The van der Waals surface area contributed by atoms with Gasteiger partial charge in [-0.3, -0.25) is 4.79 Å². The van der Waals surface area contributed by atoms with Crippen LogP contribution in [0.25, 0.3) is 0 Å². The Morgan fingerprint density at radius 3 is 2.62 bits per heavy atom. The lowest BCUT2D eigenvalue weighted by Crippen LogP contribution is -2.37. The maximum absolute atomic E-state index is 12.3. The van der Waals surface area contributed by atoms with Gasteiger partial charge < -0.3 is 25.3 Å². The minimum absolute atomic E-state index is 0. The van der Waals surface area contributed by atoms with Gasteiger partial charge in [-0.05, 0) is 37.5 Å². The Hall–Kier alpha value is -1.02. The number of nitrogens with one attached hydrogen (secondary N) is 1. The zero-order valence-corrected chi connectivity index (χ0v) is 15.8. The standard InChI is InChI=1S/C16H21BrN2O4.ClH/c1-9(19-16(20)13-3-2-10(8-18)23-13)11-6-14-15(7-12(11)17)22-5-4-21-14;/h6-7,9-10,13H,2-5,8,18H2,1H3,(H,19,20);1H/t9?,10-,13+;/m1./s1. The second-order valence-corrected chi connectivity index (χ2v) is 6.66. The maximum atomic E-state index is 12.3. The van der Waals surface area contributed by atoms with Crippen molar-refractivity contribution in [3.63, 3.8) is 0 Å². The van der Waals surface area contributed by atoms with Gasteiger partial charge >= 0.3 is 0 Å². The van der Waals surface area contributed by atoms with E-state index in [1.54, 1.807) is 0 Å². The molecule has 3 atom stereocenters. The van der Waals surface area contributed by atoms with Crippen molar-refractivity contribution in [2.45, 2.75) is 38.0 Å². The molecule has 1 amide bonds. The largest absolute Gasteiger partial charge is 0.486 e. The number of carbonyl (C=O) groups is 1. The summed E-state index contributed by atoms with van der Waals surface area (Å²) in [6, 6.07) is 3.61. The van der Waals surface area contributed by atoms with Crippen LogP contribution in [0.1, 0.15) is 31.4 Å². The number of ether oxygens (including phenoxy) is 3. The van der Waals surface area contributed by atoms with Gasteiger partial charge in [0.2, 0.25) is 5.91 Å². The fourth-order valence-corrected chi connectivity index (χ4v) is 3.53. The summed E-state index contributed by atoms with van der Waals surface area (Å²) in [6.07, 6.45) is 1.11. The van der Waals surface area contributed by atoms with E-state index in [9.17, 15) is 4.79 Å². The SMILES string of the molecule is CC(NC(=O)[C@@H]1CC[C@H](CN)O1)c1cc2c(cc1Br)OCCO2.Cl. The molecule has 8 heteroatoms. The zero-order chi connectivity index (χ0) is 16.4. The van der Waals surface area contributed by atoms with Crippen molar-refractivity contribution in [1.29, 1.82) is 0 Å². The van der Waals surface area contributed by atoms with E-state index in [1.807, 2.05) is 19.1 Å². The molecule has 1 fully saturated rings. The van der Waals surface area contributed by atoms with Crippen LogP contribution < -0.4 is 20.5 Å². The van der Waals surface area contributed by atoms with E-state index in [1.165, 1.54) is 0 Å². The Kier molecular flexibility index (Phi) is 6.74. The quantitative estimate of drug-likeness (QED) is 0.779. The summed E-state index contributed by atoms with van der Waals surface area (Å²) in [5.41, 5.74) is 6.53. The predicted molar refractivity (Wildman–Crippen MR) is 95.9 cm³/mol. The Balaban J connectivity index is 0.00000208. The molecule has 2 aliphatic heterocycles. The molecule has 1 aromatic rings. The number of fused-ring (bicyclic) bond motifs is 1. The van der Waals surface area contributed by atoms with E-state index in [0.29, 0.717) is 31.9 Å². The zero-order valence-electron chi connectivity index (χ0n) is 13.4. The van der Waals surface area contributed by atoms with Crippen molar-refractivity contribution in [1.82, 2.24) is 5.32 Å². The van der Waals surface area contributed by atoms with Gasteiger partial charge in [-0.1, -0.05) is 15.9 Å². The number of nitrogens with two attached hydrogens (primary N) is 1. The van der Waals surface area contributed by atoms with Gasteiger partial charge in [0.25, 0.3) is 0 Å². The van der Waals surface area contributed by atoms with E-state index in [-0.39, 0.29) is 30.5 Å². The summed E-state index contributed by atoms with van der Waals surface area (Å²) in [6.45, 7) is 3.47. The van der Waals surface area contributed by atoms with Crippen molar-refractivity contribution in [2.24, 2.45) is 5.73 Å². The molecule has 3 rings (SSSR count). The lowest BCUT2D eigenvalue weighted by molar-refractivity contribution is -0.132. The minimum atomic E-state index is -0.415. The molecule has 0 bridgehead atoms. The van der Waals surface area contributed by atoms with Crippen LogP contribution in [0.3, 0.4) is 0 Å². The van der Waals surface area contributed by atoms with E-state index >= 15 is 0 Å². The number of halogens is 2. The molecule has 0 aliphatic carbocycles. The van der Waals surface area contributed by atoms with Crippen molar-refractivity contribution < 1.29 is 19.0 Å². The average Bonchev–Trinajstić information content (AvgIpc) is 3.03. The summed E-state index contributed by atoms with van der Waals surface area (Å²) in [5, 5.41) is 3.00. The van der Waals surface area contributed by atoms with Crippen molar-refractivity contribution >= 4 is 34.2 Å². The Morgan fingerprint density at radius 2 is 2.00 bits per heavy atom. The second kappa shape index (κ2) is 8.38. The van der Waals surface area contributed by atoms with Crippen LogP contribution >= 0.6 is 28.3 Å². The molecule has 6 nitrogen and oxygen atoms in total. The van der Waals surface area contributed by atoms with Crippen LogP contribution in [0.2, 0.25) is 0 Å². The molecule has 3 N–H and O–H groups in total. The Morgan fingerprint density at radius 1 is 1.33 bits per heavy atom. The highest BCUT2D eigenvalue weighted by Gasteiger charge is 2.31. The second-order valence-electron chi connectivity index (χ2n) is 5.81. The van der Waals surface area contributed by atoms with E-state index in [0.717, 1.165) is 22.2 Å². The van der Waals surface area contributed by atoms with Crippen LogP contribution in [-0.4, -0.2) is 37.9 Å². The van der Waals surface area contributed by atoms with Crippen molar-refractivity contribution in [3.8, 4) is 11.5 Å². The molecular formula is C16H22BrClN2O4. The van der Waals surface area contributed by atoms with Gasteiger partial charge in [-0.15, -0.1) is 12.4 Å². The lowest BCUT2D eigenvalue weighted by Gasteiger charge is -2.23. The van der Waals surface area contributed by atoms with Crippen molar-refractivity contribution in [2.75, 3.05) is 19.8 Å². The molecule has 1 unspecified atom stereocenters. The van der Waals surface area contributed by atoms with Crippen molar-refractivity contribution in [3.05, 3.63) is 22.2 Å². The first-order valence-electron chi connectivity index (χ1n) is 7.83. The monoisotopic (exact) mass is 420 g/mol. The molecule has 134 valence electrons. The summed E-state index contributed by atoms with van der Waals surface area (Å²) in [7, 11) is 0. The van der Waals surface area contributed by atoms with E-state index in [4.69, 9.17) is 19.9 Å². The molecular weight excluding hydrogens is 400 g/mol. The fraction of sp³-hybridized carbons (Fsp3) is 0.562. The first kappa shape index (κ1) is 19.3.